The highest BCUT2D eigenvalue weighted by Crippen LogP contribution is 2.23. The van der Waals surface area contributed by atoms with Crippen molar-refractivity contribution in [3.63, 3.8) is 0 Å². The fraction of sp³-hybridized carbons (Fsp3) is 0.583. The van der Waals surface area contributed by atoms with Gasteiger partial charge in [-0.25, -0.2) is 16.8 Å². The molecular weight excluding hydrogens is 911 g/mol. The minimum absolute atomic E-state index is 0.00427. The van der Waals surface area contributed by atoms with Crippen molar-refractivity contribution in [2.75, 3.05) is 157 Å². The molecule has 0 fully saturated rings. The summed E-state index contributed by atoms with van der Waals surface area (Å²) in [5.41, 5.74) is 2.11. The van der Waals surface area contributed by atoms with Crippen molar-refractivity contribution in [1.82, 2.24) is 4.90 Å². The molecule has 0 saturated heterocycles. The molecule has 19 heteroatoms. The van der Waals surface area contributed by atoms with Crippen LogP contribution in [0.4, 0.5) is 0 Å². The molecule has 3 aromatic carbocycles. The van der Waals surface area contributed by atoms with Gasteiger partial charge in [0.1, 0.15) is 0 Å². The van der Waals surface area contributed by atoms with Crippen LogP contribution in [0, 0.1) is 19.8 Å². The second-order valence-corrected chi connectivity index (χ2v) is 19.3. The van der Waals surface area contributed by atoms with Gasteiger partial charge in [-0.15, -0.1) is 0 Å². The van der Waals surface area contributed by atoms with Gasteiger partial charge in [-0.1, -0.05) is 47.5 Å². The van der Waals surface area contributed by atoms with E-state index >= 15 is 0 Å². The van der Waals surface area contributed by atoms with E-state index in [0.717, 1.165) is 11.1 Å². The van der Waals surface area contributed by atoms with Gasteiger partial charge in [0.2, 0.25) is 0 Å². The van der Waals surface area contributed by atoms with Gasteiger partial charge in [0.25, 0.3) is 5.91 Å². The van der Waals surface area contributed by atoms with E-state index in [0.29, 0.717) is 138 Å². The maximum atomic E-state index is 13.9. The summed E-state index contributed by atoms with van der Waals surface area (Å²) in [6.07, 6.45) is 0. The normalized spacial score (nSPS) is 12.0. The Kier molecular flexibility index (Phi) is 29.0. The highest BCUT2D eigenvalue weighted by Gasteiger charge is 2.33. The number of carbonyl (C=O) groups excluding carboxylic acids is 2. The lowest BCUT2D eigenvalue weighted by Crippen LogP contribution is -2.34. The Morgan fingerprint density at radius 2 is 0.746 bits per heavy atom. The first-order chi connectivity index (χ1) is 32.4. The number of hydrogen-bond donors (Lipinski definition) is 0. The quantitative estimate of drug-likeness (QED) is 0.0577. The monoisotopic (exact) mass is 981 g/mol. The van der Waals surface area contributed by atoms with Gasteiger partial charge >= 0.3 is 0 Å². The van der Waals surface area contributed by atoms with Gasteiger partial charge in [-0.3, -0.25) is 9.59 Å². The van der Waals surface area contributed by atoms with E-state index in [4.69, 9.17) is 47.4 Å². The van der Waals surface area contributed by atoms with Crippen LogP contribution in [0.15, 0.2) is 82.6 Å². The van der Waals surface area contributed by atoms with Gasteiger partial charge < -0.3 is 52.3 Å². The first-order valence-corrected chi connectivity index (χ1v) is 25.9. The van der Waals surface area contributed by atoms with Gasteiger partial charge in [-0.2, -0.15) is 0 Å². The summed E-state index contributed by atoms with van der Waals surface area (Å²) in [7, 11) is -6.46. The number of ketones is 1. The Balaban J connectivity index is 1.25. The standard InChI is InChI=1S/C48H71NO16S2/c1-5-49(18-19-57-22-23-59-26-27-61-30-31-63-34-35-65-37-36-64-33-32-62-29-28-60-25-24-58-21-20-56-4)48(51)43-12-10-42(11-13-43)47(50)44(38-66(52,53)45-14-6-40(2)7-15-45)39-67(54,55)46-16-8-41(3)9-17-46/h6-17,44H,5,18-39H2,1-4H3. The Labute approximate surface area is 397 Å². The highest BCUT2D eigenvalue weighted by atomic mass is 32.2. The zero-order valence-electron chi connectivity index (χ0n) is 39.6. The maximum Gasteiger partial charge on any atom is 0.253 e. The molecule has 0 N–H and O–H groups in total. The number of rotatable bonds is 40. The summed E-state index contributed by atoms with van der Waals surface area (Å²) in [5, 5.41) is 0. The van der Waals surface area contributed by atoms with Crippen LogP contribution in [0.2, 0.25) is 0 Å². The average Bonchev–Trinajstić information content (AvgIpc) is 3.31. The summed E-state index contributed by atoms with van der Waals surface area (Å²) < 4.78 is 108. The van der Waals surface area contributed by atoms with Crippen LogP contribution in [-0.2, 0) is 67.0 Å². The molecule has 0 radical (unpaired) electrons. The first kappa shape index (κ1) is 57.6. The first-order valence-electron chi connectivity index (χ1n) is 22.6. The molecule has 17 nitrogen and oxygen atoms in total. The Morgan fingerprint density at radius 1 is 0.448 bits per heavy atom. The predicted octanol–water partition coefficient (Wildman–Crippen LogP) is 4.31. The van der Waals surface area contributed by atoms with Crippen molar-refractivity contribution in [2.24, 2.45) is 5.92 Å². The molecule has 0 aliphatic carbocycles. The number of nitrogens with zero attached hydrogens (tertiary/aromatic N) is 1. The highest BCUT2D eigenvalue weighted by molar-refractivity contribution is 7.92. The summed E-state index contributed by atoms with van der Waals surface area (Å²) in [6, 6.07) is 18.2. The third-order valence-corrected chi connectivity index (χ3v) is 13.6. The van der Waals surface area contributed by atoms with Gasteiger partial charge in [0.05, 0.1) is 153 Å². The molecule has 0 unspecified atom stereocenters. The molecule has 3 rings (SSSR count). The predicted molar refractivity (Wildman–Crippen MR) is 252 cm³/mol. The van der Waals surface area contributed by atoms with Crippen molar-refractivity contribution < 1.29 is 73.8 Å². The fourth-order valence-electron chi connectivity index (χ4n) is 6.19. The van der Waals surface area contributed by atoms with Gasteiger partial charge in [0, 0.05) is 31.3 Å². The summed E-state index contributed by atoms with van der Waals surface area (Å²) in [5.74, 6) is -3.77. The molecule has 67 heavy (non-hydrogen) atoms. The summed E-state index contributed by atoms with van der Waals surface area (Å²) in [6.45, 7) is 14.8. The molecule has 0 atom stereocenters. The number of aryl methyl sites for hydroxylation is 2. The number of benzene rings is 3. The number of methoxy groups -OCH3 is 1. The second-order valence-electron chi connectivity index (χ2n) is 15.2. The van der Waals surface area contributed by atoms with Gasteiger partial charge in [0.15, 0.2) is 25.5 Å². The van der Waals surface area contributed by atoms with Crippen LogP contribution >= 0.6 is 0 Å². The molecule has 1 amide bonds. The topological polar surface area (TPSA) is 198 Å². The SMILES string of the molecule is CCN(CCOCCOCCOCCOCCOCCOCCOCCOCCOCCOC)C(=O)c1ccc(C(=O)C(CS(=O)(=O)c2ccc(C)cc2)CS(=O)(=O)c2ccc(C)cc2)cc1. The lowest BCUT2D eigenvalue weighted by molar-refractivity contribution is -0.0260. The molecular formula is C48H71NO16S2. The smallest absolute Gasteiger partial charge is 0.253 e. The van der Waals surface area contributed by atoms with Crippen LogP contribution in [0.1, 0.15) is 38.8 Å². The molecule has 0 spiro atoms. The van der Waals surface area contributed by atoms with Crippen molar-refractivity contribution in [1.29, 1.82) is 0 Å². The lowest BCUT2D eigenvalue weighted by Gasteiger charge is -2.21. The third kappa shape index (κ3) is 23.9. The van der Waals surface area contributed by atoms with E-state index in [9.17, 15) is 26.4 Å². The van der Waals surface area contributed by atoms with E-state index < -0.39 is 42.9 Å². The van der Waals surface area contributed by atoms with Gasteiger partial charge in [-0.05, 0) is 57.2 Å². The fourth-order valence-corrected chi connectivity index (χ4v) is 9.42. The van der Waals surface area contributed by atoms with E-state index in [1.54, 1.807) is 36.3 Å². The molecule has 0 heterocycles. The number of Topliss-reactive ketones (excluding diaryl/α,β-unsaturated/α-hetero) is 1. The molecule has 0 aliphatic heterocycles. The Morgan fingerprint density at radius 3 is 1.06 bits per heavy atom. The second kappa shape index (κ2) is 33.7. The van der Waals surface area contributed by atoms with E-state index in [-0.39, 0.29) is 27.9 Å². The van der Waals surface area contributed by atoms with Crippen LogP contribution in [0.3, 0.4) is 0 Å². The number of likely N-dealkylation sites (N-methyl/N-ethyl adjacent to an activating group) is 1. The number of amides is 1. The average molecular weight is 982 g/mol. The van der Waals surface area contributed by atoms with Crippen LogP contribution in [-0.4, -0.2) is 191 Å². The lowest BCUT2D eigenvalue weighted by atomic mass is 9.99. The maximum absolute atomic E-state index is 13.9. The van der Waals surface area contributed by atoms with Crippen molar-refractivity contribution in [3.8, 4) is 0 Å². The zero-order valence-corrected chi connectivity index (χ0v) is 41.2. The molecule has 0 aliphatic rings. The molecule has 0 bridgehead atoms. The zero-order chi connectivity index (χ0) is 48.6. The van der Waals surface area contributed by atoms with Crippen molar-refractivity contribution >= 4 is 31.4 Å². The van der Waals surface area contributed by atoms with Crippen LogP contribution in [0.5, 0.6) is 0 Å². The molecule has 0 saturated carbocycles. The Bertz CT molecular complexity index is 1940. The summed E-state index contributed by atoms with van der Waals surface area (Å²) in [4.78, 5) is 28.9. The minimum Gasteiger partial charge on any atom is -0.382 e. The third-order valence-electron chi connectivity index (χ3n) is 9.97. The van der Waals surface area contributed by atoms with E-state index in [1.165, 1.54) is 48.5 Å². The molecule has 3 aromatic rings. The van der Waals surface area contributed by atoms with Crippen molar-refractivity contribution in [3.05, 3.63) is 95.1 Å². The Hall–Kier alpha value is -3.70. The number of carbonyl (C=O) groups is 2. The molecule has 376 valence electrons. The minimum atomic E-state index is -4.05. The van der Waals surface area contributed by atoms with E-state index in [1.807, 2.05) is 20.8 Å². The van der Waals surface area contributed by atoms with Crippen LogP contribution in [0.25, 0.3) is 0 Å². The van der Waals surface area contributed by atoms with E-state index in [2.05, 4.69) is 0 Å². The van der Waals surface area contributed by atoms with Crippen molar-refractivity contribution in [2.45, 2.75) is 30.6 Å². The number of sulfone groups is 2. The molecule has 0 aromatic heterocycles. The number of ether oxygens (including phenoxy) is 10. The van der Waals surface area contributed by atoms with Crippen LogP contribution < -0.4 is 0 Å². The largest absolute Gasteiger partial charge is 0.382 e. The summed E-state index contributed by atoms with van der Waals surface area (Å²) >= 11 is 0. The number of hydrogen-bond acceptors (Lipinski definition) is 16.